The van der Waals surface area contributed by atoms with Crippen molar-refractivity contribution in [2.75, 3.05) is 33.7 Å². The van der Waals surface area contributed by atoms with E-state index in [9.17, 15) is 4.79 Å². The first-order chi connectivity index (χ1) is 8.50. The Morgan fingerprint density at radius 1 is 1.44 bits per heavy atom. The molecule has 4 heteroatoms. The molecule has 1 unspecified atom stereocenters. The summed E-state index contributed by atoms with van der Waals surface area (Å²) < 4.78 is 0. The highest BCUT2D eigenvalue weighted by molar-refractivity contribution is 5.82. The summed E-state index contributed by atoms with van der Waals surface area (Å²) in [6.07, 6.45) is 4.09. The number of rotatable bonds is 6. The Morgan fingerprint density at radius 2 is 2.06 bits per heavy atom. The van der Waals surface area contributed by atoms with Crippen molar-refractivity contribution in [3.8, 4) is 0 Å². The number of hydrogen-bond donors (Lipinski definition) is 1. The molecule has 0 aliphatic carbocycles. The third kappa shape index (κ3) is 3.04. The van der Waals surface area contributed by atoms with E-state index in [2.05, 4.69) is 25.8 Å². The Bertz CT molecular complexity index is 268. The van der Waals surface area contributed by atoms with E-state index in [1.807, 2.05) is 11.9 Å². The first-order valence-electron chi connectivity index (χ1n) is 7.16. The molecule has 1 heterocycles. The summed E-state index contributed by atoms with van der Waals surface area (Å²) in [7, 11) is 4.07. The molecule has 0 bridgehead atoms. The van der Waals surface area contributed by atoms with Crippen molar-refractivity contribution < 1.29 is 4.79 Å². The molecule has 1 saturated heterocycles. The van der Waals surface area contributed by atoms with Gasteiger partial charge in [0.15, 0.2) is 0 Å². The minimum Gasteiger partial charge on any atom is -0.344 e. The average Bonchev–Trinajstić information content (AvgIpc) is 2.77. The molecular weight excluding hydrogens is 226 g/mol. The largest absolute Gasteiger partial charge is 0.344 e. The molecule has 1 aliphatic rings. The maximum atomic E-state index is 12.6. The lowest BCUT2D eigenvalue weighted by Crippen LogP contribution is -2.49. The van der Waals surface area contributed by atoms with E-state index in [0.717, 1.165) is 25.9 Å². The molecular formula is C14H29N3O. The summed E-state index contributed by atoms with van der Waals surface area (Å²) in [6, 6.07) is 0.517. The molecule has 1 atom stereocenters. The molecule has 0 aromatic rings. The van der Waals surface area contributed by atoms with Crippen LogP contribution in [0.15, 0.2) is 0 Å². The van der Waals surface area contributed by atoms with E-state index in [0.29, 0.717) is 12.6 Å². The molecule has 0 spiro atoms. The lowest BCUT2D eigenvalue weighted by atomic mass is 9.81. The summed E-state index contributed by atoms with van der Waals surface area (Å²) in [4.78, 5) is 16.8. The summed E-state index contributed by atoms with van der Waals surface area (Å²) >= 11 is 0. The minimum atomic E-state index is -0.355. The van der Waals surface area contributed by atoms with Gasteiger partial charge < -0.3 is 15.5 Å². The highest BCUT2D eigenvalue weighted by atomic mass is 16.2. The molecule has 1 aliphatic heterocycles. The van der Waals surface area contributed by atoms with Gasteiger partial charge in [-0.3, -0.25) is 4.79 Å². The quantitative estimate of drug-likeness (QED) is 0.778. The van der Waals surface area contributed by atoms with Crippen LogP contribution in [0.1, 0.15) is 39.5 Å². The van der Waals surface area contributed by atoms with Crippen LogP contribution in [0, 0.1) is 5.41 Å². The summed E-state index contributed by atoms with van der Waals surface area (Å²) in [6.45, 7) is 6.55. The SMILES string of the molecule is CCC(CC)(CN)C(=O)N(C)CC1CCCN1C. The van der Waals surface area contributed by atoms with Crippen molar-refractivity contribution in [2.24, 2.45) is 11.1 Å². The van der Waals surface area contributed by atoms with E-state index in [1.54, 1.807) is 0 Å². The second kappa shape index (κ2) is 6.53. The van der Waals surface area contributed by atoms with Crippen LogP contribution in [0.3, 0.4) is 0 Å². The highest BCUT2D eigenvalue weighted by Crippen LogP contribution is 2.28. The number of nitrogens with two attached hydrogens (primary N) is 1. The van der Waals surface area contributed by atoms with Gasteiger partial charge in [0, 0.05) is 26.2 Å². The number of nitrogens with zero attached hydrogens (tertiary/aromatic N) is 2. The van der Waals surface area contributed by atoms with Gasteiger partial charge in [0.1, 0.15) is 0 Å². The molecule has 1 amide bonds. The van der Waals surface area contributed by atoms with Crippen molar-refractivity contribution in [1.29, 1.82) is 0 Å². The van der Waals surface area contributed by atoms with Crippen molar-refractivity contribution in [3.63, 3.8) is 0 Å². The molecule has 1 fully saturated rings. The monoisotopic (exact) mass is 255 g/mol. The summed E-state index contributed by atoms with van der Waals surface area (Å²) in [5.74, 6) is 0.218. The average molecular weight is 255 g/mol. The summed E-state index contributed by atoms with van der Waals surface area (Å²) in [5.41, 5.74) is 5.49. The van der Waals surface area contributed by atoms with Crippen LogP contribution in [0.25, 0.3) is 0 Å². The van der Waals surface area contributed by atoms with Gasteiger partial charge >= 0.3 is 0 Å². The Morgan fingerprint density at radius 3 is 2.44 bits per heavy atom. The molecule has 1 rings (SSSR count). The lowest BCUT2D eigenvalue weighted by molar-refractivity contribution is -0.141. The first kappa shape index (κ1) is 15.4. The highest BCUT2D eigenvalue weighted by Gasteiger charge is 2.36. The Kier molecular flexibility index (Phi) is 5.60. The normalized spacial score (nSPS) is 21.3. The minimum absolute atomic E-state index is 0.218. The second-order valence-corrected chi connectivity index (χ2v) is 5.65. The van der Waals surface area contributed by atoms with Gasteiger partial charge in [-0.1, -0.05) is 13.8 Å². The van der Waals surface area contributed by atoms with E-state index >= 15 is 0 Å². The Labute approximate surface area is 111 Å². The van der Waals surface area contributed by atoms with Crippen molar-refractivity contribution in [1.82, 2.24) is 9.80 Å². The third-order valence-corrected chi connectivity index (χ3v) is 4.70. The zero-order chi connectivity index (χ0) is 13.8. The molecule has 18 heavy (non-hydrogen) atoms. The van der Waals surface area contributed by atoms with E-state index in [4.69, 9.17) is 5.73 Å². The smallest absolute Gasteiger partial charge is 0.229 e. The number of likely N-dealkylation sites (tertiary alicyclic amines) is 1. The maximum absolute atomic E-state index is 12.6. The van der Waals surface area contributed by atoms with Crippen LogP contribution >= 0.6 is 0 Å². The maximum Gasteiger partial charge on any atom is 0.229 e. The summed E-state index contributed by atoms with van der Waals surface area (Å²) in [5, 5.41) is 0. The fourth-order valence-electron chi connectivity index (χ4n) is 2.94. The molecule has 0 aromatic carbocycles. The second-order valence-electron chi connectivity index (χ2n) is 5.65. The van der Waals surface area contributed by atoms with Gasteiger partial charge in [-0.2, -0.15) is 0 Å². The zero-order valence-corrected chi connectivity index (χ0v) is 12.4. The predicted molar refractivity (Wildman–Crippen MR) is 75.4 cm³/mol. The van der Waals surface area contributed by atoms with Crippen LogP contribution in [0.5, 0.6) is 0 Å². The number of carbonyl (C=O) groups is 1. The van der Waals surface area contributed by atoms with E-state index < -0.39 is 0 Å². The standard InChI is InChI=1S/C14H29N3O/c1-5-14(6-2,11-15)13(18)17(4)10-12-8-7-9-16(12)3/h12H,5-11,15H2,1-4H3. The third-order valence-electron chi connectivity index (χ3n) is 4.70. The van der Waals surface area contributed by atoms with Gasteiger partial charge in [-0.15, -0.1) is 0 Å². The molecule has 0 radical (unpaired) electrons. The van der Waals surface area contributed by atoms with Crippen LogP contribution in [0.2, 0.25) is 0 Å². The topological polar surface area (TPSA) is 49.6 Å². The van der Waals surface area contributed by atoms with Crippen molar-refractivity contribution in [3.05, 3.63) is 0 Å². The molecule has 0 saturated carbocycles. The van der Waals surface area contributed by atoms with E-state index in [1.165, 1.54) is 12.8 Å². The number of amides is 1. The van der Waals surface area contributed by atoms with Crippen molar-refractivity contribution >= 4 is 5.91 Å². The van der Waals surface area contributed by atoms with Gasteiger partial charge in [0.25, 0.3) is 0 Å². The molecule has 106 valence electrons. The van der Waals surface area contributed by atoms with Crippen LogP contribution in [-0.4, -0.2) is 55.5 Å². The van der Waals surface area contributed by atoms with Crippen molar-refractivity contribution in [2.45, 2.75) is 45.6 Å². The lowest BCUT2D eigenvalue weighted by Gasteiger charge is -2.35. The van der Waals surface area contributed by atoms with E-state index in [-0.39, 0.29) is 11.3 Å². The molecule has 0 aromatic heterocycles. The predicted octanol–water partition coefficient (Wildman–Crippen LogP) is 1.30. The van der Waals surface area contributed by atoms with Gasteiger partial charge in [-0.25, -0.2) is 0 Å². The first-order valence-corrected chi connectivity index (χ1v) is 7.16. The van der Waals surface area contributed by atoms with Gasteiger partial charge in [-0.05, 0) is 39.3 Å². The number of hydrogen-bond acceptors (Lipinski definition) is 3. The Balaban J connectivity index is 2.64. The van der Waals surface area contributed by atoms with Gasteiger partial charge in [0.2, 0.25) is 5.91 Å². The number of carbonyl (C=O) groups excluding carboxylic acids is 1. The van der Waals surface area contributed by atoms with Crippen LogP contribution < -0.4 is 5.73 Å². The number of likely N-dealkylation sites (N-methyl/N-ethyl adjacent to an activating group) is 2. The fourth-order valence-corrected chi connectivity index (χ4v) is 2.94. The van der Waals surface area contributed by atoms with Crippen LogP contribution in [0.4, 0.5) is 0 Å². The molecule has 2 N–H and O–H groups in total. The zero-order valence-electron chi connectivity index (χ0n) is 12.4. The van der Waals surface area contributed by atoms with Gasteiger partial charge in [0.05, 0.1) is 5.41 Å². The van der Waals surface area contributed by atoms with Crippen LogP contribution in [-0.2, 0) is 4.79 Å². The fraction of sp³-hybridized carbons (Fsp3) is 0.929. The Hall–Kier alpha value is -0.610. The molecule has 4 nitrogen and oxygen atoms in total.